The first kappa shape index (κ1) is 85.6. The minimum absolute atomic E-state index is 0. The summed E-state index contributed by atoms with van der Waals surface area (Å²) in [6.45, 7) is 6.77. The van der Waals surface area contributed by atoms with Crippen molar-refractivity contribution in [3.63, 3.8) is 0 Å². The Kier molecular flexibility index (Phi) is 20.0. The summed E-state index contributed by atoms with van der Waals surface area (Å²) in [5.41, 5.74) is 23.3. The van der Waals surface area contributed by atoms with Gasteiger partial charge in [-0.1, -0.05) is 282 Å². The fourth-order valence-corrected chi connectivity index (χ4v) is 21.3. The van der Waals surface area contributed by atoms with Crippen LogP contribution >= 0.6 is 0 Å². The number of nitrogens with zero attached hydrogens (tertiary/aromatic N) is 15. The van der Waals surface area contributed by atoms with Crippen molar-refractivity contribution in [1.29, 1.82) is 0 Å². The normalized spacial score (nSPS) is 12.0. The summed E-state index contributed by atoms with van der Waals surface area (Å²) in [7, 11) is 0. The Morgan fingerprint density at radius 3 is 0.894 bits per heavy atom. The van der Waals surface area contributed by atoms with Crippen LogP contribution in [0.4, 0.5) is 0 Å². The zero-order valence-electron chi connectivity index (χ0n) is 75.5. The number of hydrogen-bond donors (Lipinski definition) is 0. The number of ether oxygens (including phenoxy) is 3. The van der Waals surface area contributed by atoms with Gasteiger partial charge in [-0.3, -0.25) is 15.0 Å². The number of para-hydroxylation sites is 3. The molecule has 0 aliphatic rings. The van der Waals surface area contributed by atoms with Crippen LogP contribution in [0.3, 0.4) is 0 Å². The van der Waals surface area contributed by atoms with Gasteiger partial charge in [0.2, 0.25) is 0 Å². The van der Waals surface area contributed by atoms with Crippen LogP contribution in [0, 0.1) is 36.4 Å². The number of aromatic nitrogens is 15. The standard InChI is InChI=1S/C43H23N5O.C41H27N5O.C37H19N5O.3Pd/c1-3-9-26(10-4-1)30-20-22-45-43-39(30)35-14-7-13-33-32-19-17-29(24-38(32)48(43)40(33)35)49-28-16-18-31-34-15-8-21-44-41(34)47-25-37(27-11-5-2-6-12-27)46-42(47)36(31)23-28;1-41(2,3)33-18-20-43-40-36(33)31-12-7-11-29-28-17-15-26(22-35(28)46(40)37(29)31)47-25-14-16-27-30-13-8-19-42-38(30)45-23-34(24-9-5-4-6-10-24)44-39(45)32(27)21-25;1-2-7-22(8-3-1)32-21-41-35-29(11-5-17-38-35)25-15-13-23(19-31(25)37(41)40-32)43-24-14-16-26-27-9-4-10-28-30-12-6-18-39-36(30)42(34(27)28)33(26)20-24;;;/h1-22,25H;4-20,23H,1-3H3;1-18,21H;;;/q3*-2;3*+2. The minimum atomic E-state index is -0.0254. The molecule has 18 heterocycles. The molecule has 0 aliphatic carbocycles. The van der Waals surface area contributed by atoms with Crippen molar-refractivity contribution in [1.82, 2.24) is 71.3 Å². The fourth-order valence-electron chi connectivity index (χ4n) is 21.3. The van der Waals surface area contributed by atoms with Gasteiger partial charge in [-0.25, -0.2) is 29.9 Å². The molecule has 676 valence electrons. The molecule has 0 bridgehead atoms. The molecule has 0 unspecified atom stereocenters. The van der Waals surface area contributed by atoms with Gasteiger partial charge in [0.15, 0.2) is 0 Å². The number of pyridine rings is 9. The second-order valence-electron chi connectivity index (χ2n) is 36.3. The van der Waals surface area contributed by atoms with Crippen molar-refractivity contribution >= 4 is 197 Å². The van der Waals surface area contributed by atoms with Crippen molar-refractivity contribution in [2.75, 3.05) is 0 Å². The molecule has 31 aromatic rings. The van der Waals surface area contributed by atoms with E-state index in [1.807, 2.05) is 177 Å². The summed E-state index contributed by atoms with van der Waals surface area (Å²) < 4.78 is 32.4. The molecule has 0 N–H and O–H groups in total. The third-order valence-corrected chi connectivity index (χ3v) is 27.3. The maximum atomic E-state index is 6.54. The topological polar surface area (TPSA) is 170 Å². The molecule has 21 heteroatoms. The van der Waals surface area contributed by atoms with E-state index in [-0.39, 0.29) is 66.7 Å². The van der Waals surface area contributed by atoms with Crippen LogP contribution < -0.4 is 14.2 Å². The van der Waals surface area contributed by atoms with Crippen LogP contribution in [0.15, 0.2) is 365 Å². The summed E-state index contributed by atoms with van der Waals surface area (Å²) in [4.78, 5) is 43.9. The molecule has 0 amide bonds. The monoisotopic (exact) mass is 2100 g/mol. The van der Waals surface area contributed by atoms with Gasteiger partial charge in [0.1, 0.15) is 33.9 Å². The number of rotatable bonds is 10. The Morgan fingerprint density at radius 2 is 0.514 bits per heavy atom. The van der Waals surface area contributed by atoms with Crippen molar-refractivity contribution in [3.05, 3.63) is 407 Å². The van der Waals surface area contributed by atoms with E-state index >= 15 is 0 Å². The van der Waals surface area contributed by atoms with Crippen molar-refractivity contribution in [2.45, 2.75) is 26.2 Å². The summed E-state index contributed by atoms with van der Waals surface area (Å²) >= 11 is 0. The summed E-state index contributed by atoms with van der Waals surface area (Å²) in [6.07, 6.45) is 17.3. The third kappa shape index (κ3) is 13.2. The van der Waals surface area contributed by atoms with E-state index in [0.29, 0.717) is 34.5 Å². The number of fused-ring (bicyclic) bond motifs is 36. The smallest absolute Gasteiger partial charge is 0.503 e. The van der Waals surface area contributed by atoms with E-state index in [0.717, 1.165) is 193 Å². The Morgan fingerprint density at radius 1 is 0.225 bits per heavy atom. The number of benzene rings is 13. The zero-order valence-corrected chi connectivity index (χ0v) is 80.2. The largest absolute Gasteiger partial charge is 2.00 e. The molecular formula is C121H69N15O3Pd3. The van der Waals surface area contributed by atoms with Crippen LogP contribution in [0.2, 0.25) is 0 Å². The van der Waals surface area contributed by atoms with Gasteiger partial charge in [0.25, 0.3) is 0 Å². The zero-order chi connectivity index (χ0) is 91.6. The molecule has 0 saturated carbocycles. The van der Waals surface area contributed by atoms with Gasteiger partial charge in [0, 0.05) is 156 Å². The maximum absolute atomic E-state index is 6.54. The molecular weight excluding hydrogens is 2030 g/mol. The average Bonchev–Trinajstić information content (AvgIpc) is 1.53. The third-order valence-electron chi connectivity index (χ3n) is 27.3. The van der Waals surface area contributed by atoms with Crippen LogP contribution in [0.25, 0.3) is 242 Å². The second kappa shape index (κ2) is 33.2. The van der Waals surface area contributed by atoms with Crippen molar-refractivity contribution in [3.8, 4) is 79.4 Å². The number of imidazole rings is 3. The van der Waals surface area contributed by atoms with Gasteiger partial charge >= 0.3 is 61.3 Å². The van der Waals surface area contributed by atoms with E-state index in [4.69, 9.17) is 59.1 Å². The van der Waals surface area contributed by atoms with E-state index in [9.17, 15) is 0 Å². The van der Waals surface area contributed by atoms with Crippen molar-refractivity contribution in [2.24, 2.45) is 0 Å². The van der Waals surface area contributed by atoms with E-state index in [2.05, 4.69) is 272 Å². The molecule has 0 aliphatic heterocycles. The molecule has 31 rings (SSSR count). The first-order chi connectivity index (χ1) is 68.5. The average molecular weight is 2100 g/mol. The summed E-state index contributed by atoms with van der Waals surface area (Å²) in [6, 6.07) is 127. The molecule has 13 aromatic carbocycles. The predicted octanol–water partition coefficient (Wildman–Crippen LogP) is 28.9. The molecule has 142 heavy (non-hydrogen) atoms. The van der Waals surface area contributed by atoms with Crippen LogP contribution in [0.5, 0.6) is 34.5 Å². The first-order valence-corrected chi connectivity index (χ1v) is 46.1. The summed E-state index contributed by atoms with van der Waals surface area (Å²) in [5.74, 6) is 3.59. The molecule has 18 aromatic heterocycles. The van der Waals surface area contributed by atoms with Gasteiger partial charge in [-0.15, -0.1) is 89.0 Å². The molecule has 0 radical (unpaired) electrons. The minimum Gasteiger partial charge on any atom is -0.503 e. The van der Waals surface area contributed by atoms with E-state index in [1.54, 1.807) is 0 Å². The van der Waals surface area contributed by atoms with E-state index in [1.165, 1.54) is 54.3 Å². The Bertz CT molecular complexity index is 10500. The Labute approximate surface area is 849 Å². The second-order valence-corrected chi connectivity index (χ2v) is 36.3. The Balaban J connectivity index is 0.000000108. The summed E-state index contributed by atoms with van der Waals surface area (Å²) in [5, 5.41) is 22.7. The number of hydrogen-bond acceptors (Lipinski definition) is 12. The van der Waals surface area contributed by atoms with Gasteiger partial charge in [-0.2, -0.15) is 18.2 Å². The van der Waals surface area contributed by atoms with Crippen LogP contribution in [-0.2, 0) is 66.7 Å². The molecule has 0 spiro atoms. The molecule has 0 fully saturated rings. The van der Waals surface area contributed by atoms with E-state index < -0.39 is 0 Å². The SMILES string of the molecule is CC(C)(C)c1ccnc2c1c1cccc3c4ccc(Oc5[c-]c6c(cc5)c5cccnc5n5cc(-c7ccccc7)nc65)[c-]c4n2c31.[Pd+2].[Pd+2].[Pd+2].[c-]1c(Oc2[c-]c3c(cc2)c2cccc4c5c(-c6ccccc6)ccnc5n3c24)ccc2c1c1nc(-c3ccccc3)cn1c1ncccc21.[c-]1c(Oc2[c-]c3c(cc2)c2cccc4c5cccnc5n3c24)ccc2c1c1nc(-c3ccccc3)cn1c1ncccc21. The Hall–Kier alpha value is -16.8. The molecule has 0 atom stereocenters. The molecule has 0 saturated heterocycles. The first-order valence-electron chi connectivity index (χ1n) is 46.1. The van der Waals surface area contributed by atoms with Crippen molar-refractivity contribution < 1.29 is 75.5 Å². The van der Waals surface area contributed by atoms with Gasteiger partial charge in [0.05, 0.1) is 34.0 Å². The van der Waals surface area contributed by atoms with Gasteiger partial charge in [-0.05, 0) is 96.9 Å². The molecule has 18 nitrogen and oxygen atoms in total. The fraction of sp³-hybridized carbons (Fsp3) is 0.0331. The quantitative estimate of drug-likeness (QED) is 0.0722. The van der Waals surface area contributed by atoms with Crippen LogP contribution in [0.1, 0.15) is 26.3 Å². The van der Waals surface area contributed by atoms with Gasteiger partial charge < -0.3 is 40.6 Å². The maximum Gasteiger partial charge on any atom is 2.00 e. The van der Waals surface area contributed by atoms with Crippen LogP contribution in [-0.4, -0.2) is 71.3 Å². The predicted molar refractivity (Wildman–Crippen MR) is 554 cm³/mol.